The van der Waals surface area contributed by atoms with E-state index >= 15 is 0 Å². The molecule has 3 saturated carbocycles. The van der Waals surface area contributed by atoms with E-state index in [0.29, 0.717) is 24.3 Å². The maximum Gasteiger partial charge on any atom is 0.260 e. The molecule has 8 atom stereocenters. The molecule has 4 fully saturated rings. The molecule has 236 valence electrons. The number of amides is 1. The van der Waals surface area contributed by atoms with E-state index in [4.69, 9.17) is 9.57 Å². The minimum absolute atomic E-state index is 0.0112. The van der Waals surface area contributed by atoms with Gasteiger partial charge >= 0.3 is 0 Å². The summed E-state index contributed by atoms with van der Waals surface area (Å²) in [6, 6.07) is 10.7. The summed E-state index contributed by atoms with van der Waals surface area (Å²) in [5.41, 5.74) is 4.20. The monoisotopic (exact) mass is 590 g/mol. The van der Waals surface area contributed by atoms with Crippen LogP contribution >= 0.6 is 0 Å². The van der Waals surface area contributed by atoms with Crippen LogP contribution in [-0.2, 0) is 19.8 Å². The fraction of sp³-hybridized carbons (Fsp3) is 0.730. The second-order valence-electron chi connectivity index (χ2n) is 15.3. The average Bonchev–Trinajstić information content (AvgIpc) is 3.31. The Morgan fingerprint density at radius 2 is 1.88 bits per heavy atom. The van der Waals surface area contributed by atoms with Gasteiger partial charge in [0.15, 0.2) is 6.61 Å². The lowest BCUT2D eigenvalue weighted by molar-refractivity contribution is -0.125. The van der Waals surface area contributed by atoms with Crippen molar-refractivity contribution in [2.75, 3.05) is 19.8 Å². The Labute approximate surface area is 259 Å². The van der Waals surface area contributed by atoms with Crippen molar-refractivity contribution in [1.82, 2.24) is 5.32 Å². The third kappa shape index (κ3) is 5.83. The molecular weight excluding hydrogens is 536 g/mol. The van der Waals surface area contributed by atoms with Crippen LogP contribution in [0.2, 0.25) is 0 Å². The van der Waals surface area contributed by atoms with E-state index in [-0.39, 0.29) is 41.0 Å². The molecule has 43 heavy (non-hydrogen) atoms. The van der Waals surface area contributed by atoms with Crippen LogP contribution in [0.3, 0.4) is 0 Å². The molecule has 2 N–H and O–H groups in total. The molecule has 6 rings (SSSR count). The van der Waals surface area contributed by atoms with Crippen LogP contribution in [0, 0.1) is 34.5 Å². The van der Waals surface area contributed by atoms with Crippen molar-refractivity contribution in [3.05, 3.63) is 47.5 Å². The van der Waals surface area contributed by atoms with Crippen molar-refractivity contribution in [2.45, 2.75) is 116 Å². The van der Waals surface area contributed by atoms with E-state index < -0.39 is 0 Å². The summed E-state index contributed by atoms with van der Waals surface area (Å²) in [6.45, 7) is 10.6. The molecule has 0 bridgehead atoms. The Balaban J connectivity index is 1.02. The number of ether oxygens (including phenoxy) is 1. The first-order chi connectivity index (χ1) is 20.6. The molecule has 1 aromatic rings. The van der Waals surface area contributed by atoms with Crippen LogP contribution in [0.4, 0.5) is 0 Å². The summed E-state index contributed by atoms with van der Waals surface area (Å²) in [6.07, 6.45) is 14.1. The van der Waals surface area contributed by atoms with Gasteiger partial charge < -0.3 is 20.0 Å². The summed E-state index contributed by atoms with van der Waals surface area (Å²) in [5.74, 6) is 2.46. The number of carbonyl (C=O) groups excluding carboxylic acids is 1. The first-order valence-electron chi connectivity index (χ1n) is 17.2. The Hall–Kier alpha value is -2.18. The molecule has 0 radical (unpaired) electrons. The molecule has 4 aliphatic carbocycles. The number of nitrogens with zero attached hydrogens (tertiary/aromatic N) is 1. The highest BCUT2D eigenvalue weighted by atomic mass is 16.6. The summed E-state index contributed by atoms with van der Waals surface area (Å²) < 4.78 is 6.11. The number of fused-ring (bicyclic) bond motifs is 5. The van der Waals surface area contributed by atoms with Gasteiger partial charge in [0.25, 0.3) is 5.91 Å². The largest absolute Gasteiger partial charge is 0.393 e. The van der Waals surface area contributed by atoms with Crippen molar-refractivity contribution in [3.8, 4) is 0 Å². The number of aliphatic hydroxyl groups is 1. The lowest BCUT2D eigenvalue weighted by Crippen LogP contribution is -2.51. The number of hydrogen-bond acceptors (Lipinski definition) is 5. The molecule has 0 spiro atoms. The van der Waals surface area contributed by atoms with E-state index in [1.54, 1.807) is 0 Å². The number of carbonyl (C=O) groups is 1. The van der Waals surface area contributed by atoms with Gasteiger partial charge in [0.05, 0.1) is 17.9 Å². The summed E-state index contributed by atoms with van der Waals surface area (Å²) in [7, 11) is 0. The highest BCUT2D eigenvalue weighted by Gasteiger charge is 2.58. The van der Waals surface area contributed by atoms with E-state index in [2.05, 4.69) is 74.6 Å². The molecule has 1 heterocycles. The lowest BCUT2D eigenvalue weighted by Gasteiger charge is -2.57. The molecule has 1 aromatic carbocycles. The number of nitrogens with one attached hydrogen (secondary N) is 1. The fourth-order valence-corrected chi connectivity index (χ4v) is 10.1. The first-order valence-corrected chi connectivity index (χ1v) is 17.2. The van der Waals surface area contributed by atoms with Crippen LogP contribution < -0.4 is 5.32 Å². The zero-order chi connectivity index (χ0) is 30.2. The van der Waals surface area contributed by atoms with Crippen LogP contribution in [-0.4, -0.2) is 48.7 Å². The SMILES string of the molecule is CC(C)[C@@H]1C[C@](CCNC(=O)CO/N=C2\C=C3CC[C@H]4[C@@H]5CC[C@H](O)[C@@]5(C)CC[C@@H]4[C@@]3(C)CC2)(c2ccccc2)CCO1. The number of allylic oxidation sites excluding steroid dienone is 2. The fourth-order valence-electron chi connectivity index (χ4n) is 10.1. The second kappa shape index (κ2) is 12.3. The number of aliphatic hydroxyl groups excluding tert-OH is 1. The van der Waals surface area contributed by atoms with E-state index in [0.717, 1.165) is 69.6 Å². The van der Waals surface area contributed by atoms with Gasteiger partial charge in [-0.2, -0.15) is 0 Å². The number of rotatable bonds is 8. The van der Waals surface area contributed by atoms with Crippen LogP contribution in [0.25, 0.3) is 0 Å². The Morgan fingerprint density at radius 1 is 1.07 bits per heavy atom. The molecule has 1 saturated heterocycles. The van der Waals surface area contributed by atoms with Crippen molar-refractivity contribution >= 4 is 11.6 Å². The smallest absolute Gasteiger partial charge is 0.260 e. The molecule has 1 amide bonds. The van der Waals surface area contributed by atoms with Gasteiger partial charge in [0.2, 0.25) is 0 Å². The Bertz CT molecular complexity index is 1210. The normalized spacial score (nSPS) is 39.9. The van der Waals surface area contributed by atoms with Gasteiger partial charge in [-0.3, -0.25) is 4.79 Å². The van der Waals surface area contributed by atoms with Gasteiger partial charge in [0.1, 0.15) is 0 Å². The zero-order valence-corrected chi connectivity index (χ0v) is 26.9. The number of oxime groups is 1. The minimum Gasteiger partial charge on any atom is -0.393 e. The van der Waals surface area contributed by atoms with Crippen molar-refractivity contribution in [2.24, 2.45) is 39.7 Å². The van der Waals surface area contributed by atoms with Crippen molar-refractivity contribution < 1.29 is 19.5 Å². The molecule has 0 unspecified atom stereocenters. The molecule has 5 aliphatic rings. The lowest BCUT2D eigenvalue weighted by atomic mass is 9.47. The molecule has 6 heteroatoms. The molecule has 0 aromatic heterocycles. The highest BCUT2D eigenvalue weighted by Crippen LogP contribution is 2.65. The van der Waals surface area contributed by atoms with Crippen molar-refractivity contribution in [3.63, 3.8) is 0 Å². The molecule has 1 aliphatic heterocycles. The predicted molar refractivity (Wildman–Crippen MR) is 171 cm³/mol. The Kier molecular flexibility index (Phi) is 8.83. The zero-order valence-electron chi connectivity index (χ0n) is 26.9. The highest BCUT2D eigenvalue weighted by molar-refractivity contribution is 5.96. The standard InChI is InChI=1S/C37H54N2O4/c1-25(2)32-23-37(19-21-42-32,26-8-6-5-7-9-26)18-20-38-34(41)24-43-39-28-14-16-35(3)27(22-28)10-11-29-30-12-13-33(40)36(30,4)17-15-31(29)35/h5-9,22,25,29-33,40H,10-21,23-24H2,1-4H3,(H,38,41)/b39-28-/t29-,30-,31-,32-,33-,35-,36-,37+/m0/s1. The van der Waals surface area contributed by atoms with Crippen molar-refractivity contribution in [1.29, 1.82) is 0 Å². The number of benzene rings is 1. The topological polar surface area (TPSA) is 80.2 Å². The van der Waals surface area contributed by atoms with Gasteiger partial charge in [-0.25, -0.2) is 0 Å². The van der Waals surface area contributed by atoms with Crippen LogP contribution in [0.1, 0.15) is 104 Å². The van der Waals surface area contributed by atoms with Gasteiger partial charge in [-0.15, -0.1) is 0 Å². The van der Waals surface area contributed by atoms with Gasteiger partial charge in [-0.1, -0.05) is 68.8 Å². The van der Waals surface area contributed by atoms with E-state index in [9.17, 15) is 9.90 Å². The number of hydrogen-bond donors (Lipinski definition) is 2. The minimum atomic E-state index is -0.119. The second-order valence-corrected chi connectivity index (χ2v) is 15.3. The first kappa shape index (κ1) is 30.8. The van der Waals surface area contributed by atoms with Crippen LogP contribution in [0.15, 0.2) is 47.1 Å². The summed E-state index contributed by atoms with van der Waals surface area (Å²) >= 11 is 0. The quantitative estimate of drug-likeness (QED) is 0.321. The maximum absolute atomic E-state index is 12.8. The molecular formula is C37H54N2O4. The average molecular weight is 591 g/mol. The summed E-state index contributed by atoms with van der Waals surface area (Å²) in [5, 5.41) is 18.3. The molecule has 6 nitrogen and oxygen atoms in total. The van der Waals surface area contributed by atoms with Gasteiger partial charge in [0, 0.05) is 18.6 Å². The summed E-state index contributed by atoms with van der Waals surface area (Å²) in [4.78, 5) is 18.4. The Morgan fingerprint density at radius 3 is 2.67 bits per heavy atom. The maximum atomic E-state index is 12.8. The predicted octanol–water partition coefficient (Wildman–Crippen LogP) is 6.96. The van der Waals surface area contributed by atoms with Gasteiger partial charge in [-0.05, 0) is 117 Å². The van der Waals surface area contributed by atoms with E-state index in [1.165, 1.54) is 30.4 Å². The third-order valence-electron chi connectivity index (χ3n) is 12.9. The van der Waals surface area contributed by atoms with Crippen LogP contribution in [0.5, 0.6) is 0 Å². The van der Waals surface area contributed by atoms with E-state index in [1.807, 2.05) is 0 Å². The third-order valence-corrected chi connectivity index (χ3v) is 12.9.